The topological polar surface area (TPSA) is 42.1 Å². The number of benzene rings is 2. The number of halogens is 1. The highest BCUT2D eigenvalue weighted by Crippen LogP contribution is 2.51. The lowest BCUT2D eigenvalue weighted by molar-refractivity contribution is 0.0601. The Bertz CT molecular complexity index is 907. The summed E-state index contributed by atoms with van der Waals surface area (Å²) in [5, 5.41) is 1.20. The normalized spacial score (nSPS) is 15.9. The molecule has 2 aromatic carbocycles. The highest BCUT2D eigenvalue weighted by Gasteiger charge is 2.41. The van der Waals surface area contributed by atoms with E-state index in [0.29, 0.717) is 5.56 Å². The SMILES string of the molecule is COC(=O)c1ccc2c(C3(c4ccc(I)cc4)CCC3)c[nH]c2c1. The number of nitrogens with one attached hydrogen (secondary N) is 1. The Hall–Kier alpha value is -1.82. The highest BCUT2D eigenvalue weighted by molar-refractivity contribution is 14.1. The van der Waals surface area contributed by atoms with Gasteiger partial charge in [-0.05, 0) is 70.8 Å². The van der Waals surface area contributed by atoms with Crippen molar-refractivity contribution in [2.24, 2.45) is 0 Å². The summed E-state index contributed by atoms with van der Waals surface area (Å²) in [6.07, 6.45) is 5.69. The van der Waals surface area contributed by atoms with Crippen molar-refractivity contribution in [3.05, 3.63) is 68.9 Å². The van der Waals surface area contributed by atoms with Crippen LogP contribution in [0.1, 0.15) is 40.7 Å². The molecule has 122 valence electrons. The van der Waals surface area contributed by atoms with E-state index in [4.69, 9.17) is 4.74 Å². The fourth-order valence-corrected chi connectivity index (χ4v) is 4.14. The quantitative estimate of drug-likeness (QED) is 0.467. The molecular weight excluding hydrogens is 413 g/mol. The summed E-state index contributed by atoms with van der Waals surface area (Å²) in [6.45, 7) is 0. The van der Waals surface area contributed by atoms with Crippen LogP contribution >= 0.6 is 22.6 Å². The third-order valence-corrected chi connectivity index (χ3v) is 5.94. The lowest BCUT2D eigenvalue weighted by Gasteiger charge is -2.42. The molecule has 4 rings (SSSR count). The zero-order chi connectivity index (χ0) is 16.7. The molecule has 0 spiro atoms. The number of aromatic amines is 1. The number of methoxy groups -OCH3 is 1. The van der Waals surface area contributed by atoms with E-state index in [2.05, 4.69) is 58.0 Å². The molecule has 0 atom stereocenters. The maximum absolute atomic E-state index is 11.7. The van der Waals surface area contributed by atoms with Crippen LogP contribution in [0, 0.1) is 3.57 Å². The third-order valence-electron chi connectivity index (χ3n) is 5.22. The smallest absolute Gasteiger partial charge is 0.337 e. The fraction of sp³-hybridized carbons (Fsp3) is 0.250. The maximum Gasteiger partial charge on any atom is 0.337 e. The van der Waals surface area contributed by atoms with Gasteiger partial charge >= 0.3 is 5.97 Å². The van der Waals surface area contributed by atoms with Crippen molar-refractivity contribution in [2.75, 3.05) is 7.11 Å². The van der Waals surface area contributed by atoms with Crippen LogP contribution < -0.4 is 0 Å². The Labute approximate surface area is 154 Å². The largest absolute Gasteiger partial charge is 0.465 e. The molecule has 1 aliphatic carbocycles. The summed E-state index contributed by atoms with van der Waals surface area (Å²) in [4.78, 5) is 15.1. The van der Waals surface area contributed by atoms with E-state index in [-0.39, 0.29) is 11.4 Å². The van der Waals surface area contributed by atoms with E-state index in [1.165, 1.54) is 46.5 Å². The molecule has 0 saturated heterocycles. The fourth-order valence-electron chi connectivity index (χ4n) is 3.78. The first-order valence-corrected chi connectivity index (χ1v) is 9.18. The van der Waals surface area contributed by atoms with Crippen LogP contribution in [0.4, 0.5) is 0 Å². The molecule has 24 heavy (non-hydrogen) atoms. The van der Waals surface area contributed by atoms with E-state index in [0.717, 1.165) is 5.52 Å². The Morgan fingerprint density at radius 2 is 1.92 bits per heavy atom. The van der Waals surface area contributed by atoms with Gasteiger partial charge in [-0.1, -0.05) is 24.6 Å². The number of esters is 1. The Balaban J connectivity index is 1.83. The second-order valence-electron chi connectivity index (χ2n) is 6.40. The van der Waals surface area contributed by atoms with Crippen molar-refractivity contribution in [3.8, 4) is 0 Å². The van der Waals surface area contributed by atoms with Crippen molar-refractivity contribution in [1.82, 2.24) is 4.98 Å². The molecule has 1 heterocycles. The van der Waals surface area contributed by atoms with Crippen molar-refractivity contribution in [2.45, 2.75) is 24.7 Å². The number of carbonyl (C=O) groups is 1. The van der Waals surface area contributed by atoms with E-state index in [9.17, 15) is 4.79 Å². The molecule has 0 aliphatic heterocycles. The van der Waals surface area contributed by atoms with E-state index in [1.54, 1.807) is 0 Å². The second kappa shape index (κ2) is 5.92. The van der Waals surface area contributed by atoms with Crippen molar-refractivity contribution in [3.63, 3.8) is 0 Å². The number of fused-ring (bicyclic) bond motifs is 1. The molecule has 0 amide bonds. The zero-order valence-electron chi connectivity index (χ0n) is 13.4. The average Bonchev–Trinajstić information content (AvgIpc) is 2.98. The van der Waals surface area contributed by atoms with Crippen molar-refractivity contribution >= 4 is 39.5 Å². The van der Waals surface area contributed by atoms with Gasteiger partial charge in [-0.25, -0.2) is 4.79 Å². The molecule has 1 saturated carbocycles. The van der Waals surface area contributed by atoms with Crippen LogP contribution in [0.2, 0.25) is 0 Å². The third kappa shape index (κ3) is 2.35. The Morgan fingerprint density at radius 3 is 2.54 bits per heavy atom. The van der Waals surface area contributed by atoms with Crippen LogP contribution in [0.5, 0.6) is 0 Å². The number of hydrogen-bond donors (Lipinski definition) is 1. The number of rotatable bonds is 3. The second-order valence-corrected chi connectivity index (χ2v) is 7.64. The highest BCUT2D eigenvalue weighted by atomic mass is 127. The van der Waals surface area contributed by atoms with Gasteiger partial charge in [0.2, 0.25) is 0 Å². The minimum absolute atomic E-state index is 0.0926. The summed E-state index contributed by atoms with van der Waals surface area (Å²) in [7, 11) is 1.41. The van der Waals surface area contributed by atoms with E-state index in [1.807, 2.05) is 18.2 Å². The first-order chi connectivity index (χ1) is 11.6. The van der Waals surface area contributed by atoms with Gasteiger partial charge in [0, 0.05) is 26.1 Å². The lowest BCUT2D eigenvalue weighted by atomic mass is 9.60. The number of aromatic nitrogens is 1. The van der Waals surface area contributed by atoms with Crippen LogP contribution in [0.25, 0.3) is 10.9 Å². The summed E-state index contributed by atoms with van der Waals surface area (Å²) >= 11 is 2.35. The molecule has 1 N–H and O–H groups in total. The number of H-pyrrole nitrogens is 1. The molecule has 0 bridgehead atoms. The first-order valence-electron chi connectivity index (χ1n) is 8.10. The van der Waals surface area contributed by atoms with Gasteiger partial charge in [0.05, 0.1) is 12.7 Å². The van der Waals surface area contributed by atoms with Crippen LogP contribution in [0.15, 0.2) is 48.7 Å². The minimum Gasteiger partial charge on any atom is -0.465 e. The number of hydrogen-bond acceptors (Lipinski definition) is 2. The predicted octanol–water partition coefficient (Wildman–Crippen LogP) is 5.03. The predicted molar refractivity (Wildman–Crippen MR) is 103 cm³/mol. The van der Waals surface area contributed by atoms with Gasteiger partial charge in [0.15, 0.2) is 0 Å². The van der Waals surface area contributed by atoms with Gasteiger partial charge in [0.25, 0.3) is 0 Å². The average molecular weight is 431 g/mol. The van der Waals surface area contributed by atoms with Gasteiger partial charge in [0.1, 0.15) is 0 Å². The minimum atomic E-state index is -0.302. The molecule has 3 aromatic rings. The van der Waals surface area contributed by atoms with Crippen molar-refractivity contribution < 1.29 is 9.53 Å². The molecule has 1 aromatic heterocycles. The van der Waals surface area contributed by atoms with Gasteiger partial charge in [-0.15, -0.1) is 0 Å². The van der Waals surface area contributed by atoms with Crippen LogP contribution in [-0.4, -0.2) is 18.1 Å². The number of carbonyl (C=O) groups excluding carboxylic acids is 1. The Kier molecular flexibility index (Phi) is 3.87. The first kappa shape index (κ1) is 15.7. The van der Waals surface area contributed by atoms with Crippen LogP contribution in [0.3, 0.4) is 0 Å². The molecule has 1 fully saturated rings. The number of ether oxygens (including phenoxy) is 1. The van der Waals surface area contributed by atoms with E-state index < -0.39 is 0 Å². The van der Waals surface area contributed by atoms with Gasteiger partial charge in [-0.3, -0.25) is 0 Å². The molecule has 0 unspecified atom stereocenters. The Morgan fingerprint density at radius 1 is 1.17 bits per heavy atom. The molecule has 1 aliphatic rings. The lowest BCUT2D eigenvalue weighted by Crippen LogP contribution is -2.35. The molecule has 0 radical (unpaired) electrons. The summed E-state index contributed by atoms with van der Waals surface area (Å²) < 4.78 is 6.08. The molecular formula is C20H18INO2. The van der Waals surface area contributed by atoms with Crippen molar-refractivity contribution in [1.29, 1.82) is 0 Å². The van der Waals surface area contributed by atoms with Gasteiger partial charge in [-0.2, -0.15) is 0 Å². The van der Waals surface area contributed by atoms with Crippen LogP contribution in [-0.2, 0) is 10.2 Å². The summed E-state index contributed by atoms with van der Waals surface area (Å²) in [5.41, 5.74) is 4.38. The van der Waals surface area contributed by atoms with Gasteiger partial charge < -0.3 is 9.72 Å². The standard InChI is InChI=1S/C20H18INO2/c1-24-19(23)13-3-8-16-17(12-22-18(16)11-13)20(9-2-10-20)14-4-6-15(21)7-5-14/h3-8,11-12,22H,2,9-10H2,1H3. The maximum atomic E-state index is 11.7. The molecule has 3 nitrogen and oxygen atoms in total. The summed E-state index contributed by atoms with van der Waals surface area (Å²) in [6, 6.07) is 14.6. The zero-order valence-corrected chi connectivity index (χ0v) is 15.6. The summed E-state index contributed by atoms with van der Waals surface area (Å²) in [5.74, 6) is -0.302. The molecule has 4 heteroatoms. The monoisotopic (exact) mass is 431 g/mol. The van der Waals surface area contributed by atoms with E-state index >= 15 is 0 Å².